The SMILES string of the molecule is O=C(Nc1cccc(C(=O)N2CCN(C(=O)c3ccccc3O)CC2)c1)c1ccc(Br)o1. The number of carbonyl (C=O) groups excluding carboxylic acids is 3. The number of anilines is 1. The Kier molecular flexibility index (Phi) is 6.27. The van der Waals surface area contributed by atoms with Crippen molar-refractivity contribution in [3.8, 4) is 5.75 Å². The Balaban J connectivity index is 1.38. The number of halogens is 1. The molecular weight excluding hydrogens is 478 g/mol. The number of furan rings is 1. The summed E-state index contributed by atoms with van der Waals surface area (Å²) in [6.07, 6.45) is 0. The Labute approximate surface area is 192 Å². The van der Waals surface area contributed by atoms with Gasteiger partial charge >= 0.3 is 0 Å². The Bertz CT molecular complexity index is 1170. The van der Waals surface area contributed by atoms with Crippen LogP contribution in [-0.4, -0.2) is 58.8 Å². The number of aromatic hydroxyl groups is 1. The van der Waals surface area contributed by atoms with Gasteiger partial charge in [-0.15, -0.1) is 0 Å². The van der Waals surface area contributed by atoms with Gasteiger partial charge in [-0.05, 0) is 58.4 Å². The summed E-state index contributed by atoms with van der Waals surface area (Å²) in [6.45, 7) is 1.47. The third-order valence-electron chi connectivity index (χ3n) is 5.15. The number of para-hydroxylation sites is 1. The highest BCUT2D eigenvalue weighted by Gasteiger charge is 2.26. The number of phenolic OH excluding ortho intramolecular Hbond substituents is 1. The molecule has 0 unspecified atom stereocenters. The molecule has 0 bridgehead atoms. The first kappa shape index (κ1) is 21.6. The highest BCUT2D eigenvalue weighted by atomic mass is 79.9. The molecule has 2 heterocycles. The minimum absolute atomic E-state index is 0.0585. The fourth-order valence-corrected chi connectivity index (χ4v) is 3.79. The van der Waals surface area contributed by atoms with Gasteiger partial charge in [0, 0.05) is 37.4 Å². The van der Waals surface area contributed by atoms with E-state index in [1.54, 1.807) is 64.4 Å². The van der Waals surface area contributed by atoms with E-state index < -0.39 is 5.91 Å². The van der Waals surface area contributed by atoms with Gasteiger partial charge in [0.25, 0.3) is 17.7 Å². The Morgan fingerprint density at radius 3 is 2.22 bits per heavy atom. The van der Waals surface area contributed by atoms with Crippen LogP contribution in [0, 0.1) is 0 Å². The summed E-state index contributed by atoms with van der Waals surface area (Å²) in [5.41, 5.74) is 1.16. The normalized spacial score (nSPS) is 13.7. The zero-order valence-corrected chi connectivity index (χ0v) is 18.5. The standard InChI is InChI=1S/C23H20BrN3O5/c24-20-9-8-19(32-20)21(29)25-16-5-3-4-15(14-16)22(30)26-10-12-27(13-11-26)23(31)17-6-1-2-7-18(17)28/h1-9,14,28H,10-13H2,(H,25,29). The fraction of sp³-hybridized carbons (Fsp3) is 0.174. The first-order valence-electron chi connectivity index (χ1n) is 9.95. The first-order valence-corrected chi connectivity index (χ1v) is 10.7. The van der Waals surface area contributed by atoms with Gasteiger partial charge in [-0.3, -0.25) is 14.4 Å². The van der Waals surface area contributed by atoms with E-state index in [2.05, 4.69) is 21.2 Å². The summed E-state index contributed by atoms with van der Waals surface area (Å²) in [5.74, 6) is -0.770. The van der Waals surface area contributed by atoms with Crippen molar-refractivity contribution >= 4 is 39.3 Å². The molecule has 3 amide bonds. The van der Waals surface area contributed by atoms with E-state index in [0.717, 1.165) is 0 Å². The molecule has 0 saturated carbocycles. The largest absolute Gasteiger partial charge is 0.507 e. The molecule has 1 aromatic heterocycles. The number of nitrogens with one attached hydrogen (secondary N) is 1. The second kappa shape index (κ2) is 9.27. The van der Waals surface area contributed by atoms with Crippen molar-refractivity contribution in [3.05, 3.63) is 82.2 Å². The van der Waals surface area contributed by atoms with Gasteiger partial charge in [0.1, 0.15) is 5.75 Å². The molecule has 1 saturated heterocycles. The summed E-state index contributed by atoms with van der Waals surface area (Å²) in [5, 5.41) is 12.6. The van der Waals surface area contributed by atoms with Crippen molar-refractivity contribution < 1.29 is 23.9 Å². The van der Waals surface area contributed by atoms with E-state index in [4.69, 9.17) is 4.42 Å². The van der Waals surface area contributed by atoms with E-state index in [1.165, 1.54) is 6.07 Å². The molecule has 2 aromatic carbocycles. The Hall–Kier alpha value is -3.59. The fourth-order valence-electron chi connectivity index (χ4n) is 3.48. The highest BCUT2D eigenvalue weighted by Crippen LogP contribution is 2.20. The maximum Gasteiger partial charge on any atom is 0.291 e. The molecular formula is C23H20BrN3O5. The third-order valence-corrected chi connectivity index (χ3v) is 5.58. The predicted molar refractivity (Wildman–Crippen MR) is 121 cm³/mol. The van der Waals surface area contributed by atoms with Crippen LogP contribution in [0.1, 0.15) is 31.3 Å². The molecule has 0 spiro atoms. The lowest BCUT2D eigenvalue weighted by Crippen LogP contribution is -2.50. The van der Waals surface area contributed by atoms with Crippen LogP contribution in [-0.2, 0) is 0 Å². The molecule has 0 atom stereocenters. The predicted octanol–water partition coefficient (Wildman–Crippen LogP) is 3.60. The van der Waals surface area contributed by atoms with E-state index in [0.29, 0.717) is 42.1 Å². The molecule has 2 N–H and O–H groups in total. The smallest absolute Gasteiger partial charge is 0.291 e. The monoisotopic (exact) mass is 497 g/mol. The van der Waals surface area contributed by atoms with Gasteiger partial charge in [-0.1, -0.05) is 18.2 Å². The van der Waals surface area contributed by atoms with E-state index in [-0.39, 0.29) is 28.9 Å². The lowest BCUT2D eigenvalue weighted by Gasteiger charge is -2.35. The Morgan fingerprint density at radius 1 is 0.875 bits per heavy atom. The molecule has 9 heteroatoms. The molecule has 0 aliphatic carbocycles. The molecule has 1 aliphatic heterocycles. The summed E-state index contributed by atoms with van der Waals surface area (Å²) < 4.78 is 5.69. The van der Waals surface area contributed by atoms with Gasteiger partial charge in [-0.2, -0.15) is 0 Å². The van der Waals surface area contributed by atoms with Gasteiger partial charge < -0.3 is 24.6 Å². The van der Waals surface area contributed by atoms with Crippen molar-refractivity contribution in [3.63, 3.8) is 0 Å². The van der Waals surface area contributed by atoms with Crippen molar-refractivity contribution in [2.75, 3.05) is 31.5 Å². The number of amides is 3. The maximum absolute atomic E-state index is 13.0. The number of nitrogens with zero attached hydrogens (tertiary/aromatic N) is 2. The lowest BCUT2D eigenvalue weighted by molar-refractivity contribution is 0.0533. The number of carbonyl (C=O) groups is 3. The van der Waals surface area contributed by atoms with Crippen LogP contribution in [0.15, 0.2) is 69.8 Å². The molecule has 164 valence electrons. The first-order chi connectivity index (χ1) is 15.4. The average molecular weight is 498 g/mol. The maximum atomic E-state index is 13.0. The van der Waals surface area contributed by atoms with Crippen LogP contribution in [0.2, 0.25) is 0 Å². The van der Waals surface area contributed by atoms with E-state index >= 15 is 0 Å². The zero-order chi connectivity index (χ0) is 22.7. The summed E-state index contributed by atoms with van der Waals surface area (Å²) in [4.78, 5) is 41.2. The molecule has 4 rings (SSSR count). The number of phenols is 1. The van der Waals surface area contributed by atoms with Crippen LogP contribution in [0.25, 0.3) is 0 Å². The van der Waals surface area contributed by atoms with Crippen molar-refractivity contribution in [1.82, 2.24) is 9.80 Å². The van der Waals surface area contributed by atoms with E-state index in [1.807, 2.05) is 0 Å². The molecule has 1 fully saturated rings. The highest BCUT2D eigenvalue weighted by molar-refractivity contribution is 9.10. The van der Waals surface area contributed by atoms with E-state index in [9.17, 15) is 19.5 Å². The summed E-state index contributed by atoms with van der Waals surface area (Å²) in [6, 6.07) is 16.3. The number of hydrogen-bond donors (Lipinski definition) is 2. The van der Waals surface area contributed by atoms with Crippen LogP contribution >= 0.6 is 15.9 Å². The van der Waals surface area contributed by atoms with Crippen LogP contribution in [0.4, 0.5) is 5.69 Å². The number of piperazine rings is 1. The van der Waals surface area contributed by atoms with Crippen LogP contribution < -0.4 is 5.32 Å². The van der Waals surface area contributed by atoms with Gasteiger partial charge in [0.05, 0.1) is 5.56 Å². The van der Waals surface area contributed by atoms with Crippen molar-refractivity contribution in [2.24, 2.45) is 0 Å². The van der Waals surface area contributed by atoms with Crippen molar-refractivity contribution in [1.29, 1.82) is 0 Å². The number of rotatable bonds is 4. The number of benzene rings is 2. The zero-order valence-electron chi connectivity index (χ0n) is 17.0. The average Bonchev–Trinajstić information content (AvgIpc) is 3.25. The lowest BCUT2D eigenvalue weighted by atomic mass is 10.1. The van der Waals surface area contributed by atoms with Crippen LogP contribution in [0.3, 0.4) is 0 Å². The van der Waals surface area contributed by atoms with Crippen LogP contribution in [0.5, 0.6) is 5.75 Å². The minimum Gasteiger partial charge on any atom is -0.507 e. The molecule has 0 radical (unpaired) electrons. The quantitative estimate of drug-likeness (QED) is 0.573. The number of hydrogen-bond acceptors (Lipinski definition) is 5. The molecule has 8 nitrogen and oxygen atoms in total. The Morgan fingerprint density at radius 2 is 1.56 bits per heavy atom. The second-order valence-electron chi connectivity index (χ2n) is 7.24. The van der Waals surface area contributed by atoms with Gasteiger partial charge in [-0.25, -0.2) is 0 Å². The summed E-state index contributed by atoms with van der Waals surface area (Å²) >= 11 is 3.16. The van der Waals surface area contributed by atoms with Gasteiger partial charge in [0.2, 0.25) is 0 Å². The molecule has 3 aromatic rings. The summed E-state index contributed by atoms with van der Waals surface area (Å²) in [7, 11) is 0. The minimum atomic E-state index is -0.420. The molecule has 32 heavy (non-hydrogen) atoms. The topological polar surface area (TPSA) is 103 Å². The van der Waals surface area contributed by atoms with Crippen molar-refractivity contribution in [2.45, 2.75) is 0 Å². The van der Waals surface area contributed by atoms with Gasteiger partial charge in [0.15, 0.2) is 10.4 Å². The third kappa shape index (κ3) is 4.67. The molecule has 1 aliphatic rings. The second-order valence-corrected chi connectivity index (χ2v) is 8.02.